The molecule has 3 aliphatic carbocycles. The normalized spacial score (nSPS) is 25.0. The number of fused-ring (bicyclic) bond motifs is 4. The first-order valence-corrected chi connectivity index (χ1v) is 10.3. The molecule has 6 rings (SSSR count). The highest BCUT2D eigenvalue weighted by Gasteiger charge is 2.53. The van der Waals surface area contributed by atoms with Crippen molar-refractivity contribution in [1.29, 1.82) is 0 Å². The van der Waals surface area contributed by atoms with Crippen molar-refractivity contribution >= 4 is 22.8 Å². The van der Waals surface area contributed by atoms with Crippen LogP contribution in [0.15, 0.2) is 30.6 Å². The minimum atomic E-state index is -0.725. The Morgan fingerprint density at radius 3 is 2.35 bits per heavy atom. The van der Waals surface area contributed by atoms with Gasteiger partial charge in [0.1, 0.15) is 5.82 Å². The van der Waals surface area contributed by atoms with Gasteiger partial charge >= 0.3 is 5.97 Å². The SMILES string of the molecule is Cc1nn(-c2ncc(C(=O)NC34CCC(C(=O)O)(CC3)CC4)cn2)c2cc(F)ccc12. The van der Waals surface area contributed by atoms with E-state index in [2.05, 4.69) is 20.4 Å². The summed E-state index contributed by atoms with van der Waals surface area (Å²) in [7, 11) is 0. The van der Waals surface area contributed by atoms with E-state index in [4.69, 9.17) is 0 Å². The fraction of sp³-hybridized carbons (Fsp3) is 0.409. The zero-order chi connectivity index (χ0) is 21.8. The van der Waals surface area contributed by atoms with Crippen molar-refractivity contribution in [3.8, 4) is 5.95 Å². The van der Waals surface area contributed by atoms with Crippen LogP contribution in [-0.2, 0) is 4.79 Å². The van der Waals surface area contributed by atoms with Gasteiger partial charge < -0.3 is 10.4 Å². The number of hydrogen-bond donors (Lipinski definition) is 2. The van der Waals surface area contributed by atoms with E-state index >= 15 is 0 Å². The first-order chi connectivity index (χ1) is 14.8. The Morgan fingerprint density at radius 2 is 1.74 bits per heavy atom. The third-order valence-corrected chi connectivity index (χ3v) is 7.00. The van der Waals surface area contributed by atoms with E-state index in [1.165, 1.54) is 29.2 Å². The van der Waals surface area contributed by atoms with E-state index in [9.17, 15) is 19.1 Å². The molecule has 160 valence electrons. The van der Waals surface area contributed by atoms with Crippen LogP contribution in [0.4, 0.5) is 4.39 Å². The second kappa shape index (κ2) is 6.83. The lowest BCUT2D eigenvalue weighted by molar-refractivity contribution is -0.156. The lowest BCUT2D eigenvalue weighted by Gasteiger charge is -2.51. The number of benzene rings is 1. The maximum atomic E-state index is 13.7. The summed E-state index contributed by atoms with van der Waals surface area (Å²) in [6.07, 6.45) is 6.60. The van der Waals surface area contributed by atoms with Crippen molar-refractivity contribution in [2.24, 2.45) is 5.41 Å². The first kappa shape index (κ1) is 19.6. The zero-order valence-corrected chi connectivity index (χ0v) is 17.1. The second-order valence-electron chi connectivity index (χ2n) is 8.75. The average Bonchev–Trinajstić information content (AvgIpc) is 3.10. The molecule has 0 spiro atoms. The Morgan fingerprint density at radius 1 is 1.10 bits per heavy atom. The Bertz CT molecular complexity index is 1180. The lowest BCUT2D eigenvalue weighted by Crippen LogP contribution is -2.58. The van der Waals surface area contributed by atoms with E-state index in [0.717, 1.165) is 11.1 Å². The Hall–Kier alpha value is -3.36. The lowest BCUT2D eigenvalue weighted by atomic mass is 9.57. The number of carboxylic acid groups (broad SMARTS) is 1. The molecule has 0 radical (unpaired) electrons. The average molecular weight is 423 g/mol. The molecule has 0 atom stereocenters. The molecule has 3 saturated carbocycles. The maximum absolute atomic E-state index is 13.7. The van der Waals surface area contributed by atoms with Gasteiger partial charge in [-0.15, -0.1) is 0 Å². The van der Waals surface area contributed by atoms with Crippen LogP contribution in [-0.4, -0.2) is 42.3 Å². The maximum Gasteiger partial charge on any atom is 0.309 e. The minimum absolute atomic E-state index is 0.250. The number of hydrogen-bond acceptors (Lipinski definition) is 5. The van der Waals surface area contributed by atoms with Gasteiger partial charge in [0.25, 0.3) is 11.9 Å². The van der Waals surface area contributed by atoms with Crippen molar-refractivity contribution < 1.29 is 19.1 Å². The summed E-state index contributed by atoms with van der Waals surface area (Å²) < 4.78 is 15.2. The largest absolute Gasteiger partial charge is 0.481 e. The number of carbonyl (C=O) groups excluding carboxylic acids is 1. The van der Waals surface area contributed by atoms with E-state index in [0.29, 0.717) is 49.6 Å². The van der Waals surface area contributed by atoms with Crippen molar-refractivity contribution in [3.63, 3.8) is 0 Å². The zero-order valence-electron chi connectivity index (χ0n) is 17.1. The fourth-order valence-electron chi connectivity index (χ4n) is 4.95. The van der Waals surface area contributed by atoms with Gasteiger partial charge in [-0.1, -0.05) is 0 Å². The molecule has 2 bridgehead atoms. The monoisotopic (exact) mass is 423 g/mol. The van der Waals surface area contributed by atoms with Crippen LogP contribution in [0, 0.1) is 18.2 Å². The predicted molar refractivity (Wildman–Crippen MR) is 109 cm³/mol. The molecule has 9 heteroatoms. The molecule has 31 heavy (non-hydrogen) atoms. The third kappa shape index (κ3) is 3.15. The third-order valence-electron chi connectivity index (χ3n) is 7.00. The first-order valence-electron chi connectivity index (χ1n) is 10.3. The number of amides is 1. The number of aliphatic carboxylic acids is 1. The molecule has 1 amide bonds. The number of aromatic nitrogens is 4. The van der Waals surface area contributed by atoms with Crippen LogP contribution in [0.5, 0.6) is 0 Å². The number of aryl methyl sites for hydroxylation is 1. The summed E-state index contributed by atoms with van der Waals surface area (Å²) in [5, 5.41) is 17.8. The molecule has 2 heterocycles. The molecule has 3 aliphatic rings. The Kier molecular flexibility index (Phi) is 4.32. The number of carboxylic acids is 1. The van der Waals surface area contributed by atoms with Gasteiger partial charge in [-0.3, -0.25) is 9.59 Å². The standard InChI is InChI=1S/C22H22FN5O3/c1-13-16-3-2-15(23)10-17(16)28(27-13)20-24-11-14(12-25-20)18(29)26-22-7-4-21(5-8-22,6-9-22)19(30)31/h2-3,10-12H,4-9H2,1H3,(H,26,29)(H,30,31). The number of nitrogens with zero attached hydrogens (tertiary/aromatic N) is 4. The molecule has 2 aromatic heterocycles. The van der Waals surface area contributed by atoms with E-state index in [1.807, 2.05) is 6.92 Å². The molecule has 1 aromatic carbocycles. The fourth-order valence-corrected chi connectivity index (χ4v) is 4.95. The van der Waals surface area contributed by atoms with Gasteiger partial charge in [-0.25, -0.2) is 14.4 Å². The second-order valence-corrected chi connectivity index (χ2v) is 8.75. The van der Waals surface area contributed by atoms with Gasteiger partial charge in [0.2, 0.25) is 0 Å². The summed E-state index contributed by atoms with van der Waals surface area (Å²) in [5.41, 5.74) is 0.617. The van der Waals surface area contributed by atoms with Crippen LogP contribution in [0.3, 0.4) is 0 Å². The van der Waals surface area contributed by atoms with E-state index < -0.39 is 11.4 Å². The molecule has 0 saturated heterocycles. The van der Waals surface area contributed by atoms with Crippen LogP contribution < -0.4 is 5.32 Å². The van der Waals surface area contributed by atoms with Gasteiger partial charge in [-0.2, -0.15) is 9.78 Å². The molecule has 0 aliphatic heterocycles. The van der Waals surface area contributed by atoms with Gasteiger partial charge in [0, 0.05) is 29.4 Å². The van der Waals surface area contributed by atoms with Crippen molar-refractivity contribution in [2.45, 2.75) is 51.0 Å². The quantitative estimate of drug-likeness (QED) is 0.667. The predicted octanol–water partition coefficient (Wildman–Crippen LogP) is 3.17. The van der Waals surface area contributed by atoms with Gasteiger partial charge in [-0.05, 0) is 57.6 Å². The highest BCUT2D eigenvalue weighted by Crippen LogP contribution is 2.52. The summed E-state index contributed by atoms with van der Waals surface area (Å²) in [6.45, 7) is 1.82. The topological polar surface area (TPSA) is 110 Å². The molecular weight excluding hydrogens is 401 g/mol. The van der Waals surface area contributed by atoms with Gasteiger partial charge in [0.15, 0.2) is 0 Å². The number of nitrogens with one attached hydrogen (secondary N) is 1. The summed E-state index contributed by atoms with van der Waals surface area (Å²) in [5.74, 6) is -1.13. The smallest absolute Gasteiger partial charge is 0.309 e. The summed E-state index contributed by atoms with van der Waals surface area (Å²) in [6, 6.07) is 4.42. The van der Waals surface area contributed by atoms with Crippen molar-refractivity contribution in [1.82, 2.24) is 25.1 Å². The molecular formula is C22H22FN5O3. The minimum Gasteiger partial charge on any atom is -0.481 e. The summed E-state index contributed by atoms with van der Waals surface area (Å²) in [4.78, 5) is 33.0. The molecule has 8 nitrogen and oxygen atoms in total. The molecule has 3 fully saturated rings. The molecule has 3 aromatic rings. The number of carbonyl (C=O) groups is 2. The summed E-state index contributed by atoms with van der Waals surface area (Å²) >= 11 is 0. The number of rotatable bonds is 4. The van der Waals surface area contributed by atoms with Gasteiger partial charge in [0.05, 0.1) is 22.2 Å². The van der Waals surface area contributed by atoms with Crippen molar-refractivity contribution in [3.05, 3.63) is 47.7 Å². The Balaban J connectivity index is 1.35. The molecule has 2 N–H and O–H groups in total. The highest BCUT2D eigenvalue weighted by molar-refractivity contribution is 5.94. The van der Waals surface area contributed by atoms with Crippen LogP contribution in [0.25, 0.3) is 16.9 Å². The van der Waals surface area contributed by atoms with E-state index in [-0.39, 0.29) is 23.2 Å². The van der Waals surface area contributed by atoms with E-state index in [1.54, 1.807) is 6.07 Å². The number of halogens is 1. The Labute approximate surface area is 177 Å². The van der Waals surface area contributed by atoms with Crippen LogP contribution in [0.1, 0.15) is 54.6 Å². The van der Waals surface area contributed by atoms with Crippen molar-refractivity contribution in [2.75, 3.05) is 0 Å². The highest BCUT2D eigenvalue weighted by atomic mass is 19.1. The van der Waals surface area contributed by atoms with Crippen LogP contribution >= 0.6 is 0 Å². The molecule has 0 unspecified atom stereocenters. The van der Waals surface area contributed by atoms with Crippen LogP contribution in [0.2, 0.25) is 0 Å².